The first-order valence-corrected chi connectivity index (χ1v) is 7.23. The monoisotopic (exact) mass is 253 g/mol. The quantitative estimate of drug-likeness (QED) is 0.585. The molecule has 1 aliphatic rings. The first-order chi connectivity index (χ1) is 9.29. The fourth-order valence-corrected chi connectivity index (χ4v) is 2.49. The molecule has 0 N–H and O–H groups in total. The molecule has 1 aromatic carbocycles. The van der Waals surface area contributed by atoms with Gasteiger partial charge in [0, 0.05) is 5.56 Å². The lowest BCUT2D eigenvalue weighted by atomic mass is 10.1. The predicted octanol–water partition coefficient (Wildman–Crippen LogP) is 3.78. The molecular formula is C18H23N. The van der Waals surface area contributed by atoms with Crippen molar-refractivity contribution in [3.63, 3.8) is 0 Å². The van der Waals surface area contributed by atoms with Crippen molar-refractivity contribution >= 4 is 0 Å². The van der Waals surface area contributed by atoms with E-state index in [2.05, 4.69) is 54.5 Å². The molecule has 1 fully saturated rings. The summed E-state index contributed by atoms with van der Waals surface area (Å²) in [6.07, 6.45) is 6.92. The maximum Gasteiger partial charge on any atom is 0.0753 e. The second-order valence-corrected chi connectivity index (χ2v) is 5.27. The van der Waals surface area contributed by atoms with Crippen molar-refractivity contribution in [1.29, 1.82) is 0 Å². The number of aryl methyl sites for hydroxylation is 1. The highest BCUT2D eigenvalue weighted by atomic mass is 15.1. The average molecular weight is 253 g/mol. The van der Waals surface area contributed by atoms with Crippen molar-refractivity contribution in [2.45, 2.75) is 38.6 Å². The molecule has 0 spiro atoms. The zero-order chi connectivity index (χ0) is 13.5. The van der Waals surface area contributed by atoms with Crippen LogP contribution in [-0.4, -0.2) is 24.0 Å². The fourth-order valence-electron chi connectivity index (χ4n) is 2.49. The maximum atomic E-state index is 3.87. The largest absolute Gasteiger partial charge is 0.290 e. The van der Waals surface area contributed by atoms with E-state index in [1.165, 1.54) is 37.9 Å². The molecule has 0 radical (unpaired) electrons. The normalized spacial score (nSPS) is 17.3. The number of hydrogen-bond acceptors (Lipinski definition) is 1. The summed E-state index contributed by atoms with van der Waals surface area (Å²) in [5.74, 6) is 6.75. The van der Waals surface area contributed by atoms with Gasteiger partial charge >= 0.3 is 0 Å². The molecule has 1 aromatic rings. The van der Waals surface area contributed by atoms with Crippen molar-refractivity contribution < 1.29 is 0 Å². The summed E-state index contributed by atoms with van der Waals surface area (Å²) in [6.45, 7) is 8.33. The molecule has 100 valence electrons. The molecule has 19 heavy (non-hydrogen) atoms. The summed E-state index contributed by atoms with van der Waals surface area (Å²) in [6, 6.07) is 8.77. The molecule has 1 atom stereocenters. The summed E-state index contributed by atoms with van der Waals surface area (Å²) in [7, 11) is 0. The van der Waals surface area contributed by atoms with Gasteiger partial charge in [0.2, 0.25) is 0 Å². The van der Waals surface area contributed by atoms with E-state index < -0.39 is 0 Å². The van der Waals surface area contributed by atoms with Gasteiger partial charge in [-0.15, -0.1) is 6.58 Å². The fraction of sp³-hybridized carbons (Fsp3) is 0.444. The highest BCUT2D eigenvalue weighted by Crippen LogP contribution is 2.14. The van der Waals surface area contributed by atoms with Gasteiger partial charge in [-0.1, -0.05) is 42.0 Å². The number of benzene rings is 1. The SMILES string of the molecule is C=CCC(C#Cc1ccc(C)cc1)N1CCCCC1. The van der Waals surface area contributed by atoms with E-state index in [1.807, 2.05) is 6.08 Å². The Morgan fingerprint density at radius 1 is 1.21 bits per heavy atom. The van der Waals surface area contributed by atoms with Crippen LogP contribution in [0.4, 0.5) is 0 Å². The molecule has 0 aliphatic carbocycles. The minimum absolute atomic E-state index is 0.333. The summed E-state index contributed by atoms with van der Waals surface area (Å²) < 4.78 is 0. The van der Waals surface area contributed by atoms with Gasteiger partial charge in [0.15, 0.2) is 0 Å². The molecule has 1 heteroatoms. The van der Waals surface area contributed by atoms with Gasteiger partial charge in [0.25, 0.3) is 0 Å². The lowest BCUT2D eigenvalue weighted by Gasteiger charge is -2.31. The van der Waals surface area contributed by atoms with E-state index >= 15 is 0 Å². The van der Waals surface area contributed by atoms with Crippen molar-refractivity contribution in [2.75, 3.05) is 13.1 Å². The Bertz CT molecular complexity index is 455. The van der Waals surface area contributed by atoms with E-state index in [0.29, 0.717) is 6.04 Å². The minimum atomic E-state index is 0.333. The van der Waals surface area contributed by atoms with Crippen LogP contribution in [0.3, 0.4) is 0 Å². The van der Waals surface area contributed by atoms with Crippen LogP contribution >= 0.6 is 0 Å². The van der Waals surface area contributed by atoms with E-state index in [-0.39, 0.29) is 0 Å². The van der Waals surface area contributed by atoms with Crippen LogP contribution in [0.5, 0.6) is 0 Å². The molecule has 0 aromatic heterocycles. The van der Waals surface area contributed by atoms with Crippen LogP contribution in [0.2, 0.25) is 0 Å². The van der Waals surface area contributed by atoms with Crippen molar-refractivity contribution in [1.82, 2.24) is 4.90 Å². The van der Waals surface area contributed by atoms with Gasteiger partial charge in [0.05, 0.1) is 6.04 Å². The highest BCUT2D eigenvalue weighted by molar-refractivity contribution is 5.37. The number of nitrogens with zero attached hydrogens (tertiary/aromatic N) is 1. The molecule has 1 aliphatic heterocycles. The van der Waals surface area contributed by atoms with Gasteiger partial charge < -0.3 is 0 Å². The van der Waals surface area contributed by atoms with Crippen molar-refractivity contribution in [2.24, 2.45) is 0 Å². The van der Waals surface area contributed by atoms with Crippen molar-refractivity contribution in [3.8, 4) is 11.8 Å². The zero-order valence-corrected chi connectivity index (χ0v) is 11.9. The summed E-state index contributed by atoms with van der Waals surface area (Å²) >= 11 is 0. The minimum Gasteiger partial charge on any atom is -0.290 e. The van der Waals surface area contributed by atoms with Crippen LogP contribution in [0.25, 0.3) is 0 Å². The lowest BCUT2D eigenvalue weighted by molar-refractivity contribution is 0.197. The average Bonchev–Trinajstić information content (AvgIpc) is 2.46. The third kappa shape index (κ3) is 4.26. The van der Waals surface area contributed by atoms with Gasteiger partial charge in [-0.05, 0) is 51.4 Å². The molecule has 1 saturated heterocycles. The molecule has 1 unspecified atom stereocenters. The van der Waals surface area contributed by atoms with Gasteiger partial charge in [0.1, 0.15) is 0 Å². The van der Waals surface area contributed by atoms with Gasteiger partial charge in [-0.2, -0.15) is 0 Å². The molecule has 1 nitrogen and oxygen atoms in total. The Labute approximate surface area is 117 Å². The summed E-state index contributed by atoms with van der Waals surface area (Å²) in [5, 5.41) is 0. The van der Waals surface area contributed by atoms with E-state index in [0.717, 1.165) is 12.0 Å². The van der Waals surface area contributed by atoms with Gasteiger partial charge in [-0.25, -0.2) is 0 Å². The summed E-state index contributed by atoms with van der Waals surface area (Å²) in [5.41, 5.74) is 2.39. The Balaban J connectivity index is 2.07. The molecule has 0 bridgehead atoms. The first-order valence-electron chi connectivity index (χ1n) is 7.23. The second-order valence-electron chi connectivity index (χ2n) is 5.27. The molecular weight excluding hydrogens is 230 g/mol. The van der Waals surface area contributed by atoms with Crippen LogP contribution < -0.4 is 0 Å². The van der Waals surface area contributed by atoms with Crippen molar-refractivity contribution in [3.05, 3.63) is 48.0 Å². The molecule has 0 amide bonds. The Morgan fingerprint density at radius 2 is 1.89 bits per heavy atom. The third-order valence-corrected chi connectivity index (χ3v) is 3.66. The molecule has 0 saturated carbocycles. The van der Waals surface area contributed by atoms with E-state index in [4.69, 9.17) is 0 Å². The maximum absolute atomic E-state index is 3.87. The molecule has 2 rings (SSSR count). The number of likely N-dealkylation sites (tertiary alicyclic amines) is 1. The topological polar surface area (TPSA) is 3.24 Å². The van der Waals surface area contributed by atoms with Crippen LogP contribution in [0.1, 0.15) is 36.8 Å². The molecule has 1 heterocycles. The zero-order valence-electron chi connectivity index (χ0n) is 11.9. The standard InChI is InChI=1S/C18H23N/c1-3-7-18(19-14-5-4-6-15-19)13-12-17-10-8-16(2)9-11-17/h3,8-11,18H,1,4-7,14-15H2,2H3. The third-order valence-electron chi connectivity index (χ3n) is 3.66. The Kier molecular flexibility index (Phi) is 5.24. The number of rotatable bonds is 3. The van der Waals surface area contributed by atoms with E-state index in [1.54, 1.807) is 0 Å². The lowest BCUT2D eigenvalue weighted by Crippen LogP contribution is -2.38. The Morgan fingerprint density at radius 3 is 2.53 bits per heavy atom. The number of hydrogen-bond donors (Lipinski definition) is 0. The first kappa shape index (κ1) is 13.9. The predicted molar refractivity (Wildman–Crippen MR) is 82.1 cm³/mol. The smallest absolute Gasteiger partial charge is 0.0753 e. The van der Waals surface area contributed by atoms with Crippen LogP contribution in [0.15, 0.2) is 36.9 Å². The van der Waals surface area contributed by atoms with E-state index in [9.17, 15) is 0 Å². The number of piperidine rings is 1. The van der Waals surface area contributed by atoms with Crippen LogP contribution in [0, 0.1) is 18.8 Å². The summed E-state index contributed by atoms with van der Waals surface area (Å²) in [4.78, 5) is 2.51. The van der Waals surface area contributed by atoms with Gasteiger partial charge in [-0.3, -0.25) is 4.90 Å². The van der Waals surface area contributed by atoms with Crippen LogP contribution in [-0.2, 0) is 0 Å². The second kappa shape index (κ2) is 7.16. The Hall–Kier alpha value is -1.52. The highest BCUT2D eigenvalue weighted by Gasteiger charge is 2.17.